The first-order chi connectivity index (χ1) is 25.6. The van der Waals surface area contributed by atoms with E-state index in [0.717, 1.165) is 38.6 Å². The zero-order chi connectivity index (χ0) is 35.5. The molecule has 1 heteroatoms. The molecule has 256 valence electrons. The summed E-state index contributed by atoms with van der Waals surface area (Å²) in [4.78, 5) is 2.42. The second-order valence-electron chi connectivity index (χ2n) is 13.7. The number of benzene rings is 6. The molecule has 0 aliphatic heterocycles. The highest BCUT2D eigenvalue weighted by atomic mass is 15.1. The zero-order valence-corrected chi connectivity index (χ0v) is 30.2. The Morgan fingerprint density at radius 1 is 0.673 bits per heavy atom. The van der Waals surface area contributed by atoms with E-state index in [9.17, 15) is 0 Å². The molecule has 0 heterocycles. The molecule has 52 heavy (non-hydrogen) atoms. The van der Waals surface area contributed by atoms with Crippen LogP contribution < -0.4 is 4.90 Å². The van der Waals surface area contributed by atoms with Gasteiger partial charge in [0.05, 0.1) is 0 Å². The third-order valence-electron chi connectivity index (χ3n) is 9.89. The second-order valence-corrected chi connectivity index (χ2v) is 13.7. The summed E-state index contributed by atoms with van der Waals surface area (Å²) >= 11 is 0. The van der Waals surface area contributed by atoms with Crippen LogP contribution in [-0.4, -0.2) is 6.54 Å². The maximum atomic E-state index is 4.05. The van der Waals surface area contributed by atoms with Gasteiger partial charge in [0.15, 0.2) is 0 Å². The number of nitrogens with zero attached hydrogens (tertiary/aromatic N) is 1. The topological polar surface area (TPSA) is 3.24 Å². The van der Waals surface area contributed by atoms with Crippen molar-refractivity contribution in [1.82, 2.24) is 0 Å². The monoisotopic (exact) mass is 673 g/mol. The molecule has 0 amide bonds. The van der Waals surface area contributed by atoms with E-state index in [1.165, 1.54) is 71.9 Å². The van der Waals surface area contributed by atoms with Crippen LogP contribution in [-0.2, 0) is 6.42 Å². The lowest BCUT2D eigenvalue weighted by atomic mass is 9.89. The number of aryl methyl sites for hydroxylation is 1. The van der Waals surface area contributed by atoms with Crippen LogP contribution in [0.4, 0.5) is 11.4 Å². The van der Waals surface area contributed by atoms with Gasteiger partial charge in [-0.2, -0.15) is 0 Å². The van der Waals surface area contributed by atoms with Crippen LogP contribution in [0.3, 0.4) is 0 Å². The Kier molecular flexibility index (Phi) is 11.2. The molecule has 0 saturated carbocycles. The Morgan fingerprint density at radius 3 is 2.08 bits per heavy atom. The van der Waals surface area contributed by atoms with Crippen LogP contribution in [0, 0.1) is 6.92 Å². The van der Waals surface area contributed by atoms with Gasteiger partial charge < -0.3 is 4.90 Å². The summed E-state index contributed by atoms with van der Waals surface area (Å²) in [6.07, 6.45) is 25.2. The Labute approximate surface area is 310 Å². The third-order valence-corrected chi connectivity index (χ3v) is 9.89. The van der Waals surface area contributed by atoms with E-state index < -0.39 is 0 Å². The van der Waals surface area contributed by atoms with Crippen molar-refractivity contribution in [3.05, 3.63) is 211 Å². The summed E-state index contributed by atoms with van der Waals surface area (Å²) in [5.74, 6) is 0. The van der Waals surface area contributed by atoms with Gasteiger partial charge in [0.25, 0.3) is 0 Å². The largest absolute Gasteiger partial charge is 0.338 e. The molecule has 1 aliphatic rings. The average Bonchev–Trinajstić information content (AvgIpc) is 3.31. The molecule has 0 spiro atoms. The number of hydrogen-bond acceptors (Lipinski definition) is 1. The van der Waals surface area contributed by atoms with Crippen molar-refractivity contribution in [2.24, 2.45) is 0 Å². The molecule has 0 atom stereocenters. The zero-order valence-electron chi connectivity index (χ0n) is 30.2. The normalized spacial score (nSPS) is 15.8. The molecule has 0 bridgehead atoms. The van der Waals surface area contributed by atoms with Crippen LogP contribution >= 0.6 is 0 Å². The van der Waals surface area contributed by atoms with Crippen LogP contribution in [0.2, 0.25) is 0 Å². The molecule has 0 fully saturated rings. The standard InChI is InChI=1S/C51H47N/c1-3-4-20-41(46-29-32-51(47-25-15-17-39(2)34-47)48(36-46)35-40-18-9-7-5-6-8-10-19-40)26-16-33-52(49-30-27-42-21-11-13-23-44(42)37-49)50-31-28-43-22-12-14-24-45(43)38-50/h3,5,7-8,10-18,20-32,34,36-38H,1,4,6,9,19,33,35H2,2H3/b7-5-,10-8-,26-16-,40-18+,41-20+. The average molecular weight is 674 g/mol. The summed E-state index contributed by atoms with van der Waals surface area (Å²) in [6.45, 7) is 6.95. The first kappa shape index (κ1) is 34.5. The minimum absolute atomic E-state index is 0.725. The van der Waals surface area contributed by atoms with E-state index in [2.05, 4.69) is 194 Å². The number of allylic oxidation sites excluding steroid dienone is 10. The summed E-state index contributed by atoms with van der Waals surface area (Å²) < 4.78 is 0. The van der Waals surface area contributed by atoms with Crippen molar-refractivity contribution < 1.29 is 0 Å². The first-order valence-corrected chi connectivity index (χ1v) is 18.6. The predicted molar refractivity (Wildman–Crippen MR) is 227 cm³/mol. The molecule has 6 aromatic carbocycles. The fourth-order valence-corrected chi connectivity index (χ4v) is 7.15. The lowest BCUT2D eigenvalue weighted by Crippen LogP contribution is -2.16. The minimum Gasteiger partial charge on any atom is -0.338 e. The molecule has 1 aliphatic carbocycles. The molecule has 1 nitrogen and oxygen atoms in total. The summed E-state index contributed by atoms with van der Waals surface area (Å²) in [5.41, 5.74) is 11.5. The Morgan fingerprint density at radius 2 is 1.37 bits per heavy atom. The fraction of sp³-hybridized carbons (Fsp3) is 0.137. The fourth-order valence-electron chi connectivity index (χ4n) is 7.15. The minimum atomic E-state index is 0.725. The van der Waals surface area contributed by atoms with Crippen molar-refractivity contribution >= 4 is 38.5 Å². The maximum Gasteiger partial charge on any atom is 0.0420 e. The number of hydrogen-bond donors (Lipinski definition) is 0. The lowest BCUT2D eigenvalue weighted by molar-refractivity contribution is 1.05. The highest BCUT2D eigenvalue weighted by molar-refractivity contribution is 5.90. The van der Waals surface area contributed by atoms with Gasteiger partial charge in [-0.25, -0.2) is 0 Å². The highest BCUT2D eigenvalue weighted by Gasteiger charge is 2.13. The van der Waals surface area contributed by atoms with Gasteiger partial charge in [-0.3, -0.25) is 0 Å². The van der Waals surface area contributed by atoms with Crippen LogP contribution in [0.15, 0.2) is 194 Å². The molecule has 7 rings (SSSR count). The smallest absolute Gasteiger partial charge is 0.0420 e. The second kappa shape index (κ2) is 16.9. The number of rotatable bonds is 11. The van der Waals surface area contributed by atoms with E-state index in [1.807, 2.05) is 6.08 Å². The van der Waals surface area contributed by atoms with Crippen molar-refractivity contribution in [3.63, 3.8) is 0 Å². The molecular formula is C51H47N. The highest BCUT2D eigenvalue weighted by Crippen LogP contribution is 2.33. The van der Waals surface area contributed by atoms with Gasteiger partial charge in [0, 0.05) is 17.9 Å². The van der Waals surface area contributed by atoms with E-state index in [-0.39, 0.29) is 0 Å². The predicted octanol–water partition coefficient (Wildman–Crippen LogP) is 14.1. The molecule has 0 aromatic heterocycles. The lowest BCUT2D eigenvalue weighted by Gasteiger charge is -2.25. The van der Waals surface area contributed by atoms with Gasteiger partial charge in [-0.15, -0.1) is 6.58 Å². The SMILES string of the molecule is C=CC/C=C(\C=C/CN(c1ccc2ccccc2c1)c1ccc2ccccc2c1)c1ccc(-c2cccc(C)c2)c(C/C2=C/C/C=C\C/C=C\C2)c1. The Bertz CT molecular complexity index is 2260. The van der Waals surface area contributed by atoms with E-state index >= 15 is 0 Å². The van der Waals surface area contributed by atoms with E-state index in [0.29, 0.717) is 0 Å². The Hall–Kier alpha value is -5.92. The molecule has 0 N–H and O–H groups in total. The molecular weight excluding hydrogens is 627 g/mol. The van der Waals surface area contributed by atoms with Crippen molar-refractivity contribution in [2.75, 3.05) is 11.4 Å². The van der Waals surface area contributed by atoms with Crippen molar-refractivity contribution in [2.45, 2.75) is 39.0 Å². The van der Waals surface area contributed by atoms with Crippen LogP contribution in [0.1, 0.15) is 42.4 Å². The van der Waals surface area contributed by atoms with Crippen LogP contribution in [0.5, 0.6) is 0 Å². The quantitative estimate of drug-likeness (QED) is 0.0977. The van der Waals surface area contributed by atoms with Gasteiger partial charge >= 0.3 is 0 Å². The van der Waals surface area contributed by atoms with Crippen LogP contribution in [0.25, 0.3) is 38.2 Å². The Balaban J connectivity index is 1.25. The summed E-state index contributed by atoms with van der Waals surface area (Å²) in [7, 11) is 0. The summed E-state index contributed by atoms with van der Waals surface area (Å²) in [6, 6.07) is 46.7. The number of fused-ring (bicyclic) bond motifs is 2. The number of anilines is 2. The van der Waals surface area contributed by atoms with E-state index in [4.69, 9.17) is 0 Å². The molecule has 0 saturated heterocycles. The van der Waals surface area contributed by atoms with Crippen molar-refractivity contribution in [3.8, 4) is 11.1 Å². The summed E-state index contributed by atoms with van der Waals surface area (Å²) in [5, 5.41) is 4.98. The van der Waals surface area contributed by atoms with Gasteiger partial charge in [-0.05, 0) is 113 Å². The van der Waals surface area contributed by atoms with E-state index in [1.54, 1.807) is 0 Å². The van der Waals surface area contributed by atoms with Gasteiger partial charge in [0.1, 0.15) is 0 Å². The molecule has 6 aromatic rings. The van der Waals surface area contributed by atoms with Gasteiger partial charge in [-0.1, -0.05) is 169 Å². The third kappa shape index (κ3) is 8.50. The van der Waals surface area contributed by atoms with Crippen molar-refractivity contribution in [1.29, 1.82) is 0 Å². The maximum absolute atomic E-state index is 4.05. The molecule has 0 unspecified atom stereocenters. The van der Waals surface area contributed by atoms with Gasteiger partial charge in [0.2, 0.25) is 0 Å². The molecule has 0 radical (unpaired) electrons. The first-order valence-electron chi connectivity index (χ1n) is 18.6.